The van der Waals surface area contributed by atoms with Crippen molar-refractivity contribution in [2.75, 3.05) is 0 Å². The molecule has 0 aliphatic rings. The molecule has 2 aromatic rings. The summed E-state index contributed by atoms with van der Waals surface area (Å²) in [4.78, 5) is 9.86. The van der Waals surface area contributed by atoms with Crippen molar-refractivity contribution in [3.8, 4) is 5.75 Å². The van der Waals surface area contributed by atoms with Gasteiger partial charge < -0.3 is 14.9 Å². The van der Waals surface area contributed by atoms with Crippen molar-refractivity contribution in [3.63, 3.8) is 0 Å². The van der Waals surface area contributed by atoms with Crippen molar-refractivity contribution in [1.82, 2.24) is 9.78 Å². The van der Waals surface area contributed by atoms with Crippen molar-refractivity contribution in [2.45, 2.75) is 12.9 Å². The lowest BCUT2D eigenvalue weighted by atomic mass is 10.2. The van der Waals surface area contributed by atoms with Crippen LogP contribution >= 0.6 is 11.6 Å². The van der Waals surface area contributed by atoms with Crippen LogP contribution in [-0.4, -0.2) is 21.1 Å². The van der Waals surface area contributed by atoms with Crippen LogP contribution in [0.5, 0.6) is 5.75 Å². The van der Waals surface area contributed by atoms with Gasteiger partial charge in [0, 0.05) is 0 Å². The second-order valence-corrected chi connectivity index (χ2v) is 4.35. The molecule has 0 unspecified atom stereocenters. The van der Waals surface area contributed by atoms with Gasteiger partial charge in [0.1, 0.15) is 5.75 Å². The molecule has 0 aliphatic carbocycles. The molecule has 112 valence electrons. The highest BCUT2D eigenvalue weighted by Crippen LogP contribution is 2.24. The highest BCUT2D eigenvalue weighted by atomic mass is 35.5. The Morgan fingerprint density at radius 2 is 1.95 bits per heavy atom. The third-order valence-electron chi connectivity index (χ3n) is 2.37. The third-order valence-corrected chi connectivity index (χ3v) is 2.64. The predicted octanol–water partition coefficient (Wildman–Crippen LogP) is 3.39. The second-order valence-electron chi connectivity index (χ2n) is 3.95. The monoisotopic (exact) mass is 321 g/mol. The number of nitrogens with zero attached hydrogens (tertiary/aromatic N) is 3. The summed E-state index contributed by atoms with van der Waals surface area (Å²) in [5.41, 5.74) is 0.582. The fraction of sp³-hybridized carbons (Fsp3) is 0.182. The molecule has 0 saturated carbocycles. The lowest BCUT2D eigenvalue weighted by molar-refractivity contribution is -0.389. The van der Waals surface area contributed by atoms with E-state index in [1.165, 1.54) is 23.0 Å². The van der Waals surface area contributed by atoms with E-state index >= 15 is 0 Å². The first-order valence-electron chi connectivity index (χ1n) is 5.46. The number of hydrogen-bond acceptors (Lipinski definition) is 4. The molecule has 0 radical (unpaired) electrons. The molecular formula is C11H7ClF3N3O3. The zero-order valence-corrected chi connectivity index (χ0v) is 10.9. The smallest absolute Gasteiger partial charge is 0.406 e. The van der Waals surface area contributed by atoms with Gasteiger partial charge in [-0.05, 0) is 22.6 Å². The molecule has 10 heteroatoms. The fourth-order valence-electron chi connectivity index (χ4n) is 1.58. The normalized spacial score (nSPS) is 11.4. The van der Waals surface area contributed by atoms with Gasteiger partial charge in [-0.15, -0.1) is 13.2 Å². The van der Waals surface area contributed by atoms with Crippen LogP contribution in [0.3, 0.4) is 0 Å². The lowest BCUT2D eigenvalue weighted by Gasteiger charge is -2.08. The van der Waals surface area contributed by atoms with E-state index in [2.05, 4.69) is 9.84 Å². The highest BCUT2D eigenvalue weighted by molar-refractivity contribution is 6.32. The van der Waals surface area contributed by atoms with E-state index < -0.39 is 17.1 Å². The summed E-state index contributed by atoms with van der Waals surface area (Å²) in [6.45, 7) is 0.125. The topological polar surface area (TPSA) is 70.2 Å². The Bertz CT molecular complexity index is 655. The van der Waals surface area contributed by atoms with Gasteiger partial charge in [-0.3, -0.25) is 0 Å². The summed E-state index contributed by atoms with van der Waals surface area (Å²) < 4.78 is 40.9. The average molecular weight is 322 g/mol. The van der Waals surface area contributed by atoms with E-state index in [4.69, 9.17) is 11.6 Å². The second kappa shape index (κ2) is 5.60. The highest BCUT2D eigenvalue weighted by Gasteiger charge is 2.31. The fourth-order valence-corrected chi connectivity index (χ4v) is 1.79. The van der Waals surface area contributed by atoms with Crippen molar-refractivity contribution >= 4 is 17.4 Å². The van der Waals surface area contributed by atoms with Crippen LogP contribution in [0.25, 0.3) is 0 Å². The Morgan fingerprint density at radius 1 is 1.33 bits per heavy atom. The molecule has 0 fully saturated rings. The number of halogens is 4. The van der Waals surface area contributed by atoms with Gasteiger partial charge in [-0.2, -0.15) is 4.68 Å². The maximum absolute atomic E-state index is 12.0. The summed E-state index contributed by atoms with van der Waals surface area (Å²) in [5.74, 6) is -0.829. The standard InChI is InChI=1S/C11H7ClF3N3O3/c12-9-6-17(16-10(9)18(19)20)5-7-1-3-8(4-2-7)21-11(13,14)15/h1-4,6H,5H2. The van der Waals surface area contributed by atoms with Crippen LogP contribution in [0, 0.1) is 10.1 Å². The van der Waals surface area contributed by atoms with Crippen LogP contribution < -0.4 is 4.74 Å². The van der Waals surface area contributed by atoms with Crippen LogP contribution in [0.1, 0.15) is 5.56 Å². The number of benzene rings is 1. The molecule has 0 bridgehead atoms. The van der Waals surface area contributed by atoms with Gasteiger partial charge in [-0.1, -0.05) is 23.7 Å². The van der Waals surface area contributed by atoms with E-state index in [1.807, 2.05) is 0 Å². The van der Waals surface area contributed by atoms with Gasteiger partial charge in [0.05, 0.1) is 17.8 Å². The first kappa shape index (κ1) is 15.1. The Kier molecular flexibility index (Phi) is 4.03. The number of ether oxygens (including phenoxy) is 1. The summed E-state index contributed by atoms with van der Waals surface area (Å²) >= 11 is 5.63. The molecule has 0 N–H and O–H groups in total. The van der Waals surface area contributed by atoms with Crippen LogP contribution in [-0.2, 0) is 6.54 Å². The zero-order chi connectivity index (χ0) is 15.6. The number of nitro groups is 1. The molecule has 2 rings (SSSR count). The SMILES string of the molecule is O=[N+]([O-])c1nn(Cc2ccc(OC(F)(F)F)cc2)cc1Cl. The van der Waals surface area contributed by atoms with E-state index in [0.29, 0.717) is 5.56 Å². The molecule has 0 spiro atoms. The largest absolute Gasteiger partial charge is 0.573 e. The molecule has 1 aromatic heterocycles. The minimum Gasteiger partial charge on any atom is -0.406 e. The lowest BCUT2D eigenvalue weighted by Crippen LogP contribution is -2.17. The van der Waals surface area contributed by atoms with Gasteiger partial charge in [0.25, 0.3) is 0 Å². The molecular weight excluding hydrogens is 315 g/mol. The quantitative estimate of drug-likeness (QED) is 0.639. The van der Waals surface area contributed by atoms with Crippen LogP contribution in [0.15, 0.2) is 30.5 Å². The number of hydrogen-bond donors (Lipinski definition) is 0. The molecule has 1 heterocycles. The van der Waals surface area contributed by atoms with E-state index in [1.54, 1.807) is 0 Å². The molecule has 6 nitrogen and oxygen atoms in total. The molecule has 1 aromatic carbocycles. The van der Waals surface area contributed by atoms with Crippen LogP contribution in [0.4, 0.5) is 19.0 Å². The van der Waals surface area contributed by atoms with Gasteiger partial charge in [-0.25, -0.2) is 0 Å². The summed E-state index contributed by atoms with van der Waals surface area (Å²) in [6.07, 6.45) is -3.49. The molecule has 0 aliphatic heterocycles. The Hall–Kier alpha value is -2.29. The van der Waals surface area contributed by atoms with Crippen molar-refractivity contribution in [3.05, 3.63) is 51.2 Å². The van der Waals surface area contributed by atoms with Gasteiger partial charge in [0.2, 0.25) is 0 Å². The van der Waals surface area contributed by atoms with E-state index in [9.17, 15) is 23.3 Å². The summed E-state index contributed by atoms with van der Waals surface area (Å²) in [6, 6.07) is 5.07. The van der Waals surface area contributed by atoms with E-state index in [0.717, 1.165) is 12.1 Å². The third kappa shape index (κ3) is 4.09. The molecule has 0 atom stereocenters. The number of aromatic nitrogens is 2. The minimum atomic E-state index is -4.75. The van der Waals surface area contributed by atoms with Crippen molar-refractivity contribution in [2.24, 2.45) is 0 Å². The van der Waals surface area contributed by atoms with E-state index in [-0.39, 0.29) is 17.3 Å². The van der Waals surface area contributed by atoms with Gasteiger partial charge in [0.15, 0.2) is 5.02 Å². The number of rotatable bonds is 4. The molecule has 0 saturated heterocycles. The zero-order valence-electron chi connectivity index (χ0n) is 10.2. The Labute approximate surface area is 120 Å². The van der Waals surface area contributed by atoms with Crippen LogP contribution in [0.2, 0.25) is 5.02 Å². The minimum absolute atomic E-state index is 0.114. The van der Waals surface area contributed by atoms with Gasteiger partial charge >= 0.3 is 12.2 Å². The summed E-state index contributed by atoms with van der Waals surface area (Å²) in [5, 5.41) is 14.1. The predicted molar refractivity (Wildman–Crippen MR) is 66.1 cm³/mol. The van der Waals surface area contributed by atoms with Crippen molar-refractivity contribution in [1.29, 1.82) is 0 Å². The first-order valence-corrected chi connectivity index (χ1v) is 5.84. The van der Waals surface area contributed by atoms with Crippen molar-refractivity contribution < 1.29 is 22.8 Å². The average Bonchev–Trinajstić information content (AvgIpc) is 2.71. The Balaban J connectivity index is 2.10. The summed E-state index contributed by atoms with van der Waals surface area (Å²) in [7, 11) is 0. The maximum Gasteiger partial charge on any atom is 0.573 e. The number of alkyl halides is 3. The molecule has 0 amide bonds. The Morgan fingerprint density at radius 3 is 2.43 bits per heavy atom. The maximum atomic E-state index is 12.0. The molecule has 21 heavy (non-hydrogen) atoms. The first-order chi connectivity index (χ1) is 9.74.